The van der Waals surface area contributed by atoms with Crippen molar-refractivity contribution in [3.63, 3.8) is 0 Å². The van der Waals surface area contributed by atoms with Crippen LogP contribution >= 0.6 is 0 Å². The van der Waals surface area contributed by atoms with Crippen LogP contribution in [-0.2, 0) is 16.6 Å². The predicted octanol–water partition coefficient (Wildman–Crippen LogP) is 6.06. The number of methoxy groups -OCH3 is 1. The Bertz CT molecular complexity index is 1390. The summed E-state index contributed by atoms with van der Waals surface area (Å²) in [5, 5.41) is 2.15. The summed E-state index contributed by atoms with van der Waals surface area (Å²) >= 11 is 0. The molecule has 4 rings (SSSR count). The molecule has 0 spiro atoms. The van der Waals surface area contributed by atoms with E-state index in [-0.39, 0.29) is 10.8 Å². The lowest BCUT2D eigenvalue weighted by molar-refractivity contribution is 0.406. The molecule has 6 heteroatoms. The van der Waals surface area contributed by atoms with Crippen molar-refractivity contribution in [3.8, 4) is 5.75 Å². The van der Waals surface area contributed by atoms with E-state index < -0.39 is 10.0 Å². The van der Waals surface area contributed by atoms with Gasteiger partial charge in [0.2, 0.25) is 0 Å². The van der Waals surface area contributed by atoms with Crippen LogP contribution in [0.4, 0.5) is 5.69 Å². The minimum absolute atomic E-state index is 0.140. The molecule has 0 aliphatic carbocycles. The van der Waals surface area contributed by atoms with Gasteiger partial charge in [0.15, 0.2) is 0 Å². The molecule has 0 bridgehead atoms. The van der Waals surface area contributed by atoms with Crippen LogP contribution in [0.15, 0.2) is 59.5 Å². The third-order valence-corrected chi connectivity index (χ3v) is 7.30. The molecule has 1 N–H and O–H groups in total. The molecule has 0 saturated heterocycles. The number of hydrogen-bond donors (Lipinski definition) is 1. The van der Waals surface area contributed by atoms with Gasteiger partial charge in [0.1, 0.15) is 5.75 Å². The maximum absolute atomic E-state index is 13.3. The number of para-hydroxylation sites is 1. The predicted molar refractivity (Wildman–Crippen MR) is 128 cm³/mol. The Labute approximate surface area is 183 Å². The van der Waals surface area contributed by atoms with Crippen LogP contribution in [0.25, 0.3) is 21.8 Å². The lowest BCUT2D eigenvalue weighted by Crippen LogP contribution is -2.15. The summed E-state index contributed by atoms with van der Waals surface area (Å²) < 4.78 is 37.1. The van der Waals surface area contributed by atoms with Gasteiger partial charge in [0.25, 0.3) is 10.0 Å². The molecule has 0 radical (unpaired) electrons. The molecule has 0 atom stereocenters. The fourth-order valence-electron chi connectivity index (χ4n) is 4.26. The average molecular weight is 437 g/mol. The molecule has 162 valence electrons. The van der Waals surface area contributed by atoms with Crippen LogP contribution in [0.1, 0.15) is 37.8 Å². The Morgan fingerprint density at radius 1 is 1.00 bits per heavy atom. The first kappa shape index (κ1) is 21.2. The Kier molecular flexibility index (Phi) is 5.43. The Balaban J connectivity index is 1.80. The van der Waals surface area contributed by atoms with E-state index in [1.807, 2.05) is 44.2 Å². The van der Waals surface area contributed by atoms with Crippen molar-refractivity contribution < 1.29 is 13.2 Å². The zero-order valence-corrected chi connectivity index (χ0v) is 19.4. The second-order valence-electron chi connectivity index (χ2n) is 8.11. The summed E-state index contributed by atoms with van der Waals surface area (Å²) in [7, 11) is -2.15. The fraction of sp³-hybridized carbons (Fsp3) is 0.280. The van der Waals surface area contributed by atoms with E-state index in [9.17, 15) is 8.42 Å². The fourth-order valence-corrected chi connectivity index (χ4v) is 5.57. The van der Waals surface area contributed by atoms with Crippen molar-refractivity contribution in [2.24, 2.45) is 0 Å². The molecule has 0 unspecified atom stereocenters. The molecule has 0 fully saturated rings. The summed E-state index contributed by atoms with van der Waals surface area (Å²) in [5.41, 5.74) is 4.31. The van der Waals surface area contributed by atoms with Gasteiger partial charge in [-0.25, -0.2) is 8.42 Å². The maximum Gasteiger partial charge on any atom is 0.262 e. The molecule has 0 aliphatic heterocycles. The van der Waals surface area contributed by atoms with Crippen molar-refractivity contribution >= 4 is 37.5 Å². The van der Waals surface area contributed by atoms with Crippen molar-refractivity contribution in [2.75, 3.05) is 11.8 Å². The van der Waals surface area contributed by atoms with Crippen molar-refractivity contribution in [3.05, 3.63) is 65.7 Å². The van der Waals surface area contributed by atoms with Gasteiger partial charge in [-0.1, -0.05) is 32.0 Å². The summed E-state index contributed by atoms with van der Waals surface area (Å²) in [6, 6.07) is 17.4. The molecular formula is C25H28N2O3S. The van der Waals surface area contributed by atoms with Crippen molar-refractivity contribution in [2.45, 2.75) is 45.1 Å². The van der Waals surface area contributed by atoms with E-state index in [0.29, 0.717) is 17.0 Å². The molecule has 0 aliphatic rings. The minimum Gasteiger partial charge on any atom is -0.496 e. The molecule has 4 aromatic rings. The lowest BCUT2D eigenvalue weighted by Gasteiger charge is -2.17. The highest BCUT2D eigenvalue weighted by molar-refractivity contribution is 7.92. The third kappa shape index (κ3) is 3.65. The van der Waals surface area contributed by atoms with E-state index in [2.05, 4.69) is 28.3 Å². The monoisotopic (exact) mass is 436 g/mol. The summed E-state index contributed by atoms with van der Waals surface area (Å²) in [6.45, 7) is 8.79. The van der Waals surface area contributed by atoms with Gasteiger partial charge in [-0.2, -0.15) is 0 Å². The second-order valence-corrected chi connectivity index (χ2v) is 9.76. The van der Waals surface area contributed by atoms with Crippen LogP contribution in [0.5, 0.6) is 5.75 Å². The molecular weight excluding hydrogens is 408 g/mol. The van der Waals surface area contributed by atoms with Gasteiger partial charge >= 0.3 is 0 Å². The molecule has 1 heterocycles. The normalized spacial score (nSPS) is 12.1. The van der Waals surface area contributed by atoms with Gasteiger partial charge in [0.05, 0.1) is 12.0 Å². The average Bonchev–Trinajstić information content (AvgIpc) is 3.05. The molecule has 31 heavy (non-hydrogen) atoms. The first-order chi connectivity index (χ1) is 14.8. The number of sulfonamides is 1. The Hall–Kier alpha value is -2.99. The topological polar surface area (TPSA) is 60.3 Å². The number of nitrogens with zero attached hydrogens (tertiary/aromatic N) is 1. The molecule has 3 aromatic carbocycles. The molecule has 0 amide bonds. The van der Waals surface area contributed by atoms with E-state index in [4.69, 9.17) is 4.74 Å². The number of aryl methyl sites for hydroxylation is 2. The minimum atomic E-state index is -3.76. The highest BCUT2D eigenvalue weighted by atomic mass is 32.2. The number of fused-ring (bicyclic) bond motifs is 3. The number of aromatic nitrogens is 1. The van der Waals surface area contributed by atoms with Gasteiger partial charge in [0, 0.05) is 34.0 Å². The quantitative estimate of drug-likeness (QED) is 0.400. The summed E-state index contributed by atoms with van der Waals surface area (Å²) in [5.74, 6) is 0.848. The maximum atomic E-state index is 13.3. The largest absolute Gasteiger partial charge is 0.496 e. The first-order valence-electron chi connectivity index (χ1n) is 10.5. The number of nitrogens with one attached hydrogen (secondary N) is 1. The van der Waals surface area contributed by atoms with Gasteiger partial charge in [-0.05, 0) is 67.3 Å². The van der Waals surface area contributed by atoms with Crippen molar-refractivity contribution in [1.82, 2.24) is 4.57 Å². The third-order valence-electron chi connectivity index (χ3n) is 5.78. The van der Waals surface area contributed by atoms with Crippen LogP contribution < -0.4 is 9.46 Å². The highest BCUT2D eigenvalue weighted by Crippen LogP contribution is 2.34. The summed E-state index contributed by atoms with van der Waals surface area (Å²) in [4.78, 5) is 0.271. The Morgan fingerprint density at radius 2 is 1.71 bits per heavy atom. The Morgan fingerprint density at radius 3 is 2.39 bits per heavy atom. The molecule has 1 aromatic heterocycles. The van der Waals surface area contributed by atoms with Gasteiger partial charge in [-0.15, -0.1) is 0 Å². The number of rotatable bonds is 6. The van der Waals surface area contributed by atoms with Crippen LogP contribution in [-0.4, -0.2) is 20.1 Å². The zero-order chi connectivity index (χ0) is 22.3. The van der Waals surface area contributed by atoms with Gasteiger partial charge in [-0.3, -0.25) is 4.72 Å². The zero-order valence-electron chi connectivity index (χ0n) is 18.6. The first-order valence-corrected chi connectivity index (χ1v) is 12.0. The highest BCUT2D eigenvalue weighted by Gasteiger charge is 2.21. The summed E-state index contributed by atoms with van der Waals surface area (Å²) in [6.07, 6.45) is 0. The number of benzene rings is 3. The molecule has 0 saturated carbocycles. The van der Waals surface area contributed by atoms with Crippen LogP contribution in [0.2, 0.25) is 0 Å². The molecule has 5 nitrogen and oxygen atoms in total. The van der Waals surface area contributed by atoms with E-state index in [1.165, 1.54) is 0 Å². The van der Waals surface area contributed by atoms with Gasteiger partial charge < -0.3 is 9.30 Å². The number of ether oxygens (including phenoxy) is 1. The standard InChI is InChI=1S/C25H28N2O3S/c1-6-27-22-10-8-7-9-19(22)21-14-18(11-12-23(21)27)26-31(28,29)25-15-20(16(2)3)24(30-5)13-17(25)4/h7-16,26H,6H2,1-5H3. The van der Waals surface area contributed by atoms with Crippen molar-refractivity contribution in [1.29, 1.82) is 0 Å². The smallest absolute Gasteiger partial charge is 0.262 e. The van der Waals surface area contributed by atoms with E-state index in [1.54, 1.807) is 26.2 Å². The second kappa shape index (κ2) is 7.93. The van der Waals surface area contributed by atoms with Crippen LogP contribution in [0.3, 0.4) is 0 Å². The SMILES string of the molecule is CCn1c2ccccc2c2cc(NS(=O)(=O)c3cc(C(C)C)c(OC)cc3C)ccc21. The van der Waals surface area contributed by atoms with E-state index in [0.717, 1.165) is 33.9 Å². The van der Waals surface area contributed by atoms with Crippen LogP contribution in [0, 0.1) is 6.92 Å². The number of hydrogen-bond acceptors (Lipinski definition) is 3. The van der Waals surface area contributed by atoms with E-state index >= 15 is 0 Å². The lowest BCUT2D eigenvalue weighted by atomic mass is 10.0. The number of anilines is 1.